The standard InChI is InChI=1S/C22H31N5/c1-3-23-22(25-16-20-18(2)10-9-13-24-20)26-17-21(27-14-7-8-15-27)19-11-5-4-6-12-19/h4-6,9-13,21H,3,7-8,14-17H2,1-2H3,(H2,23,25,26). The second kappa shape index (κ2) is 10.1. The van der Waals surface area contributed by atoms with Gasteiger partial charge in [-0.1, -0.05) is 36.4 Å². The summed E-state index contributed by atoms with van der Waals surface area (Å²) in [5.41, 5.74) is 3.56. The van der Waals surface area contributed by atoms with E-state index in [-0.39, 0.29) is 0 Å². The van der Waals surface area contributed by atoms with E-state index < -0.39 is 0 Å². The second-order valence-corrected chi connectivity index (χ2v) is 7.01. The van der Waals surface area contributed by atoms with Crippen molar-refractivity contribution >= 4 is 5.96 Å². The van der Waals surface area contributed by atoms with Crippen molar-refractivity contribution in [2.24, 2.45) is 4.99 Å². The van der Waals surface area contributed by atoms with Crippen molar-refractivity contribution in [3.8, 4) is 0 Å². The van der Waals surface area contributed by atoms with Crippen LogP contribution < -0.4 is 10.6 Å². The molecular formula is C22H31N5. The van der Waals surface area contributed by atoms with Gasteiger partial charge in [-0.25, -0.2) is 4.99 Å². The van der Waals surface area contributed by atoms with Crippen molar-refractivity contribution in [2.45, 2.75) is 39.3 Å². The van der Waals surface area contributed by atoms with Crippen molar-refractivity contribution in [1.82, 2.24) is 20.5 Å². The summed E-state index contributed by atoms with van der Waals surface area (Å²) in [6.45, 7) is 8.78. The number of aryl methyl sites for hydroxylation is 1. The first-order chi connectivity index (χ1) is 13.3. The molecule has 0 saturated carbocycles. The molecule has 5 heteroatoms. The van der Waals surface area contributed by atoms with E-state index in [2.05, 4.69) is 70.8 Å². The minimum Gasteiger partial charge on any atom is -0.357 e. The summed E-state index contributed by atoms with van der Waals surface area (Å²) in [4.78, 5) is 11.8. The number of aromatic nitrogens is 1. The molecule has 1 aromatic carbocycles. The van der Waals surface area contributed by atoms with Crippen LogP contribution in [0.1, 0.15) is 42.6 Å². The highest BCUT2D eigenvalue weighted by Gasteiger charge is 2.23. The summed E-state index contributed by atoms with van der Waals surface area (Å²) in [5, 5.41) is 6.92. The van der Waals surface area contributed by atoms with E-state index in [1.54, 1.807) is 0 Å². The van der Waals surface area contributed by atoms with Crippen LogP contribution in [0.3, 0.4) is 0 Å². The molecule has 1 unspecified atom stereocenters. The number of rotatable bonds is 7. The fourth-order valence-corrected chi connectivity index (χ4v) is 3.56. The van der Waals surface area contributed by atoms with Gasteiger partial charge >= 0.3 is 0 Å². The molecule has 0 bridgehead atoms. The maximum Gasteiger partial charge on any atom is 0.191 e. The van der Waals surface area contributed by atoms with Gasteiger partial charge in [0.05, 0.1) is 18.3 Å². The van der Waals surface area contributed by atoms with Crippen LogP contribution in [0.2, 0.25) is 0 Å². The Morgan fingerprint density at radius 1 is 1.11 bits per heavy atom. The van der Waals surface area contributed by atoms with Gasteiger partial charge in [0.25, 0.3) is 0 Å². The molecule has 0 radical (unpaired) electrons. The molecule has 0 amide bonds. The third kappa shape index (κ3) is 5.54. The first kappa shape index (κ1) is 19.4. The van der Waals surface area contributed by atoms with Crippen molar-refractivity contribution in [1.29, 1.82) is 0 Å². The molecule has 0 aliphatic carbocycles. The second-order valence-electron chi connectivity index (χ2n) is 7.01. The van der Waals surface area contributed by atoms with E-state index in [0.29, 0.717) is 12.6 Å². The molecule has 27 heavy (non-hydrogen) atoms. The van der Waals surface area contributed by atoms with Gasteiger partial charge in [-0.3, -0.25) is 9.88 Å². The Morgan fingerprint density at radius 3 is 2.59 bits per heavy atom. The van der Waals surface area contributed by atoms with Gasteiger partial charge in [0, 0.05) is 19.3 Å². The lowest BCUT2D eigenvalue weighted by molar-refractivity contribution is 0.245. The highest BCUT2D eigenvalue weighted by molar-refractivity contribution is 5.79. The zero-order valence-corrected chi connectivity index (χ0v) is 16.5. The predicted molar refractivity (Wildman–Crippen MR) is 112 cm³/mol. The number of hydrogen-bond donors (Lipinski definition) is 2. The Hall–Kier alpha value is -2.40. The van der Waals surface area contributed by atoms with Crippen molar-refractivity contribution < 1.29 is 0 Å². The summed E-state index contributed by atoms with van der Waals surface area (Å²) in [5.74, 6) is 0.850. The first-order valence-corrected chi connectivity index (χ1v) is 9.99. The van der Waals surface area contributed by atoms with E-state index in [1.807, 2.05) is 12.3 Å². The van der Waals surface area contributed by atoms with E-state index in [4.69, 9.17) is 4.99 Å². The summed E-state index contributed by atoms with van der Waals surface area (Å²) in [6.07, 6.45) is 4.41. The van der Waals surface area contributed by atoms with Crippen molar-refractivity contribution in [2.75, 3.05) is 26.2 Å². The van der Waals surface area contributed by atoms with Crippen LogP contribution in [-0.2, 0) is 6.54 Å². The molecule has 2 heterocycles. The van der Waals surface area contributed by atoms with Crippen LogP contribution in [0.4, 0.5) is 0 Å². The molecule has 144 valence electrons. The summed E-state index contributed by atoms with van der Waals surface area (Å²) in [7, 11) is 0. The molecule has 2 N–H and O–H groups in total. The molecule has 1 aliphatic heterocycles. The van der Waals surface area contributed by atoms with Crippen LogP contribution >= 0.6 is 0 Å². The van der Waals surface area contributed by atoms with E-state index >= 15 is 0 Å². The smallest absolute Gasteiger partial charge is 0.191 e. The normalized spacial score (nSPS) is 16.3. The fraction of sp³-hybridized carbons (Fsp3) is 0.455. The van der Waals surface area contributed by atoms with Crippen LogP contribution in [0.5, 0.6) is 0 Å². The topological polar surface area (TPSA) is 52.6 Å². The minimum absolute atomic E-state index is 0.370. The van der Waals surface area contributed by atoms with Gasteiger partial charge < -0.3 is 10.6 Å². The quantitative estimate of drug-likeness (QED) is 0.584. The molecule has 1 fully saturated rings. The molecule has 1 aromatic heterocycles. The maximum absolute atomic E-state index is 4.75. The average molecular weight is 366 g/mol. The Morgan fingerprint density at radius 2 is 1.89 bits per heavy atom. The van der Waals surface area contributed by atoms with Crippen LogP contribution in [0.25, 0.3) is 0 Å². The molecule has 2 aromatic rings. The zero-order chi connectivity index (χ0) is 18.9. The van der Waals surface area contributed by atoms with Gasteiger partial charge in [0.15, 0.2) is 5.96 Å². The number of guanidine groups is 1. The molecule has 0 spiro atoms. The van der Waals surface area contributed by atoms with Crippen molar-refractivity contribution in [3.05, 3.63) is 65.5 Å². The Balaban J connectivity index is 1.68. The number of likely N-dealkylation sites (tertiary alicyclic amines) is 1. The number of nitrogens with zero attached hydrogens (tertiary/aromatic N) is 3. The maximum atomic E-state index is 4.75. The molecule has 5 nitrogen and oxygen atoms in total. The van der Waals surface area contributed by atoms with Crippen LogP contribution in [0.15, 0.2) is 53.7 Å². The number of aliphatic imine (C=N–C) groups is 1. The lowest BCUT2D eigenvalue weighted by Crippen LogP contribution is -2.42. The van der Waals surface area contributed by atoms with Crippen LogP contribution in [-0.4, -0.2) is 42.0 Å². The van der Waals surface area contributed by atoms with E-state index in [0.717, 1.165) is 24.7 Å². The molecule has 1 aliphatic rings. The number of hydrogen-bond acceptors (Lipinski definition) is 3. The summed E-state index contributed by atoms with van der Waals surface area (Å²) < 4.78 is 0. The van der Waals surface area contributed by atoms with Crippen LogP contribution in [0, 0.1) is 6.92 Å². The Bertz CT molecular complexity index is 722. The lowest BCUT2D eigenvalue weighted by atomic mass is 10.1. The minimum atomic E-state index is 0.370. The van der Waals surface area contributed by atoms with Gasteiger partial charge in [-0.05, 0) is 57.0 Å². The monoisotopic (exact) mass is 365 g/mol. The van der Waals surface area contributed by atoms with E-state index in [9.17, 15) is 0 Å². The number of pyridine rings is 1. The summed E-state index contributed by atoms with van der Waals surface area (Å²) in [6, 6.07) is 15.2. The Kier molecular flexibility index (Phi) is 7.22. The highest BCUT2D eigenvalue weighted by Crippen LogP contribution is 2.24. The molecule has 3 rings (SSSR count). The molecular weight excluding hydrogens is 334 g/mol. The SMILES string of the molecule is CCNC(=NCc1ncccc1C)NCC(c1ccccc1)N1CCCC1. The Labute approximate surface area is 162 Å². The highest BCUT2D eigenvalue weighted by atomic mass is 15.2. The van der Waals surface area contributed by atoms with Crippen molar-refractivity contribution in [3.63, 3.8) is 0 Å². The third-order valence-corrected chi connectivity index (χ3v) is 5.08. The predicted octanol–water partition coefficient (Wildman–Crippen LogP) is 3.28. The average Bonchev–Trinajstić information content (AvgIpc) is 3.22. The van der Waals surface area contributed by atoms with E-state index in [1.165, 1.54) is 37.1 Å². The number of nitrogens with one attached hydrogen (secondary N) is 2. The van der Waals surface area contributed by atoms with Gasteiger partial charge in [0.2, 0.25) is 0 Å². The molecule has 1 saturated heterocycles. The fourth-order valence-electron chi connectivity index (χ4n) is 3.56. The largest absolute Gasteiger partial charge is 0.357 e. The third-order valence-electron chi connectivity index (χ3n) is 5.08. The lowest BCUT2D eigenvalue weighted by Gasteiger charge is -2.29. The van der Waals surface area contributed by atoms with Gasteiger partial charge in [-0.15, -0.1) is 0 Å². The number of benzene rings is 1. The summed E-state index contributed by atoms with van der Waals surface area (Å²) >= 11 is 0. The van der Waals surface area contributed by atoms with Gasteiger partial charge in [-0.2, -0.15) is 0 Å². The molecule has 1 atom stereocenters. The zero-order valence-electron chi connectivity index (χ0n) is 16.5. The van der Waals surface area contributed by atoms with Gasteiger partial charge in [0.1, 0.15) is 0 Å². The first-order valence-electron chi connectivity index (χ1n) is 9.99.